The fourth-order valence-electron chi connectivity index (χ4n) is 2.82. The summed E-state index contributed by atoms with van der Waals surface area (Å²) in [5.74, 6) is 1.27. The average Bonchev–Trinajstić information content (AvgIpc) is 2.80. The highest BCUT2D eigenvalue weighted by atomic mass is 79.9. The third-order valence-corrected chi connectivity index (χ3v) is 4.62. The molecule has 1 heterocycles. The molecule has 136 valence electrons. The number of halogens is 1. The summed E-state index contributed by atoms with van der Waals surface area (Å²) in [6, 6.07) is 5.76. The number of carbonyl (C=O) groups excluding carboxylic acids is 1. The van der Waals surface area contributed by atoms with Crippen molar-refractivity contribution in [2.45, 2.75) is 47.2 Å². The zero-order valence-electron chi connectivity index (χ0n) is 15.5. The van der Waals surface area contributed by atoms with Crippen LogP contribution in [0.5, 0.6) is 5.75 Å². The molecule has 0 atom stereocenters. The molecule has 0 unspecified atom stereocenters. The second-order valence-electron chi connectivity index (χ2n) is 6.64. The van der Waals surface area contributed by atoms with E-state index in [0.29, 0.717) is 18.9 Å². The smallest absolute Gasteiger partial charge is 0.224 e. The third kappa shape index (κ3) is 5.08. The lowest BCUT2D eigenvalue weighted by Gasteiger charge is -2.11. The van der Waals surface area contributed by atoms with Crippen molar-refractivity contribution in [1.82, 2.24) is 15.1 Å². The SMILES string of the molecule is COc1ccc(Br)cc1CNC(=O)Cc1c(C)nn(CC(C)C)c1C. The minimum atomic E-state index is -0.0164. The van der Waals surface area contributed by atoms with Crippen LogP contribution in [0.4, 0.5) is 0 Å². The normalized spacial score (nSPS) is 11.0. The van der Waals surface area contributed by atoms with Gasteiger partial charge < -0.3 is 10.1 Å². The van der Waals surface area contributed by atoms with E-state index >= 15 is 0 Å². The van der Waals surface area contributed by atoms with Crippen LogP contribution in [0.25, 0.3) is 0 Å². The second kappa shape index (κ2) is 8.52. The van der Waals surface area contributed by atoms with E-state index in [-0.39, 0.29) is 5.91 Å². The van der Waals surface area contributed by atoms with Gasteiger partial charge >= 0.3 is 0 Å². The van der Waals surface area contributed by atoms with Crippen LogP contribution < -0.4 is 10.1 Å². The largest absolute Gasteiger partial charge is 0.496 e. The summed E-state index contributed by atoms with van der Waals surface area (Å²) in [6.45, 7) is 9.61. The fourth-order valence-corrected chi connectivity index (χ4v) is 3.22. The van der Waals surface area contributed by atoms with E-state index in [1.807, 2.05) is 36.7 Å². The monoisotopic (exact) mass is 407 g/mol. The molecule has 1 N–H and O–H groups in total. The second-order valence-corrected chi connectivity index (χ2v) is 7.55. The number of nitrogens with one attached hydrogen (secondary N) is 1. The lowest BCUT2D eigenvalue weighted by Crippen LogP contribution is -2.25. The summed E-state index contributed by atoms with van der Waals surface area (Å²) >= 11 is 3.45. The van der Waals surface area contributed by atoms with Gasteiger partial charge in [-0.15, -0.1) is 0 Å². The number of carbonyl (C=O) groups is 1. The highest BCUT2D eigenvalue weighted by Crippen LogP contribution is 2.23. The Bertz CT molecular complexity index is 753. The Kier molecular flexibility index (Phi) is 6.64. The fraction of sp³-hybridized carbons (Fsp3) is 0.474. The topological polar surface area (TPSA) is 56.1 Å². The molecule has 2 rings (SSSR count). The molecule has 0 aliphatic heterocycles. The predicted molar refractivity (Wildman–Crippen MR) is 103 cm³/mol. The van der Waals surface area contributed by atoms with Gasteiger partial charge in [-0.3, -0.25) is 9.48 Å². The highest BCUT2D eigenvalue weighted by molar-refractivity contribution is 9.10. The van der Waals surface area contributed by atoms with Gasteiger partial charge in [-0.2, -0.15) is 5.10 Å². The Balaban J connectivity index is 2.04. The molecule has 0 saturated heterocycles. The van der Waals surface area contributed by atoms with Gasteiger partial charge in [-0.05, 0) is 38.0 Å². The van der Waals surface area contributed by atoms with Crippen LogP contribution in [0.3, 0.4) is 0 Å². The third-order valence-electron chi connectivity index (χ3n) is 4.13. The molecule has 1 amide bonds. The van der Waals surface area contributed by atoms with Gasteiger partial charge in [0.25, 0.3) is 0 Å². The minimum absolute atomic E-state index is 0.0164. The molecule has 0 bridgehead atoms. The Morgan fingerprint density at radius 3 is 2.72 bits per heavy atom. The number of ether oxygens (including phenoxy) is 1. The quantitative estimate of drug-likeness (QED) is 0.759. The van der Waals surface area contributed by atoms with E-state index < -0.39 is 0 Å². The molecular formula is C19H26BrN3O2. The first-order valence-corrected chi connectivity index (χ1v) is 9.23. The van der Waals surface area contributed by atoms with E-state index in [4.69, 9.17) is 4.74 Å². The number of hydrogen-bond acceptors (Lipinski definition) is 3. The average molecular weight is 408 g/mol. The number of hydrogen-bond donors (Lipinski definition) is 1. The van der Waals surface area contributed by atoms with Gasteiger partial charge in [-0.1, -0.05) is 29.8 Å². The zero-order chi connectivity index (χ0) is 18.6. The van der Waals surface area contributed by atoms with Crippen LogP contribution in [-0.4, -0.2) is 22.8 Å². The maximum absolute atomic E-state index is 12.4. The summed E-state index contributed by atoms with van der Waals surface area (Å²) in [4.78, 5) is 12.4. The van der Waals surface area contributed by atoms with E-state index in [2.05, 4.69) is 40.2 Å². The van der Waals surface area contributed by atoms with Crippen LogP contribution in [0.15, 0.2) is 22.7 Å². The minimum Gasteiger partial charge on any atom is -0.496 e. The van der Waals surface area contributed by atoms with Crippen LogP contribution in [0.2, 0.25) is 0 Å². The first-order chi connectivity index (χ1) is 11.8. The number of benzene rings is 1. The Morgan fingerprint density at radius 2 is 2.08 bits per heavy atom. The van der Waals surface area contributed by atoms with Crippen LogP contribution >= 0.6 is 15.9 Å². The molecule has 25 heavy (non-hydrogen) atoms. The molecule has 2 aromatic rings. The van der Waals surface area contributed by atoms with E-state index in [1.54, 1.807) is 7.11 Å². The molecule has 0 spiro atoms. The van der Waals surface area contributed by atoms with Crippen molar-refractivity contribution in [2.75, 3.05) is 7.11 Å². The van der Waals surface area contributed by atoms with Crippen molar-refractivity contribution < 1.29 is 9.53 Å². The first-order valence-electron chi connectivity index (χ1n) is 8.43. The first kappa shape index (κ1) is 19.5. The zero-order valence-corrected chi connectivity index (χ0v) is 17.1. The lowest BCUT2D eigenvalue weighted by atomic mass is 10.1. The molecule has 0 fully saturated rings. The van der Waals surface area contributed by atoms with E-state index in [0.717, 1.165) is 39.3 Å². The number of nitrogens with zero attached hydrogens (tertiary/aromatic N) is 2. The number of aromatic nitrogens is 2. The molecular weight excluding hydrogens is 382 g/mol. The van der Waals surface area contributed by atoms with Gasteiger partial charge in [0.2, 0.25) is 5.91 Å². The van der Waals surface area contributed by atoms with Gasteiger partial charge in [0, 0.05) is 34.4 Å². The number of methoxy groups -OCH3 is 1. The summed E-state index contributed by atoms with van der Waals surface area (Å²) in [5, 5.41) is 7.55. The summed E-state index contributed by atoms with van der Waals surface area (Å²) < 4.78 is 8.30. The molecule has 1 aromatic carbocycles. The molecule has 5 nitrogen and oxygen atoms in total. The molecule has 0 radical (unpaired) electrons. The van der Waals surface area contributed by atoms with Crippen molar-refractivity contribution in [3.8, 4) is 5.75 Å². The van der Waals surface area contributed by atoms with Crippen molar-refractivity contribution >= 4 is 21.8 Å². The highest BCUT2D eigenvalue weighted by Gasteiger charge is 2.16. The Labute approximate surface area is 157 Å². The Morgan fingerprint density at radius 1 is 1.36 bits per heavy atom. The number of amides is 1. The van der Waals surface area contributed by atoms with E-state index in [1.165, 1.54) is 0 Å². The molecule has 0 saturated carbocycles. The lowest BCUT2D eigenvalue weighted by molar-refractivity contribution is -0.120. The standard InChI is InChI=1S/C19H26BrN3O2/c1-12(2)11-23-14(4)17(13(3)22-23)9-19(24)21-10-15-8-16(20)6-7-18(15)25-5/h6-8,12H,9-11H2,1-5H3,(H,21,24). The van der Waals surface area contributed by atoms with Gasteiger partial charge in [0.1, 0.15) is 5.75 Å². The molecule has 1 aromatic heterocycles. The van der Waals surface area contributed by atoms with Crippen molar-refractivity contribution in [1.29, 1.82) is 0 Å². The summed E-state index contributed by atoms with van der Waals surface area (Å²) in [7, 11) is 1.63. The van der Waals surface area contributed by atoms with Crippen molar-refractivity contribution in [3.63, 3.8) is 0 Å². The summed E-state index contributed by atoms with van der Waals surface area (Å²) in [6.07, 6.45) is 0.339. The van der Waals surface area contributed by atoms with Crippen LogP contribution in [0.1, 0.15) is 36.4 Å². The van der Waals surface area contributed by atoms with Crippen molar-refractivity contribution in [2.24, 2.45) is 5.92 Å². The maximum atomic E-state index is 12.4. The van der Waals surface area contributed by atoms with Crippen LogP contribution in [0, 0.1) is 19.8 Å². The van der Waals surface area contributed by atoms with Gasteiger partial charge in [0.05, 0.1) is 19.2 Å². The molecule has 6 heteroatoms. The van der Waals surface area contributed by atoms with Crippen LogP contribution in [-0.2, 0) is 24.3 Å². The van der Waals surface area contributed by atoms with Crippen molar-refractivity contribution in [3.05, 3.63) is 45.2 Å². The number of aryl methyl sites for hydroxylation is 1. The van der Waals surface area contributed by atoms with Gasteiger partial charge in [0.15, 0.2) is 0 Å². The molecule has 0 aliphatic carbocycles. The Hall–Kier alpha value is -1.82. The summed E-state index contributed by atoms with van der Waals surface area (Å²) in [5.41, 5.74) is 3.95. The number of rotatable bonds is 7. The van der Waals surface area contributed by atoms with E-state index in [9.17, 15) is 4.79 Å². The molecule has 0 aliphatic rings. The van der Waals surface area contributed by atoms with Gasteiger partial charge in [-0.25, -0.2) is 0 Å². The maximum Gasteiger partial charge on any atom is 0.224 e. The predicted octanol–water partition coefficient (Wildman–Crippen LogP) is 3.79.